The number of halogens is 1. The van der Waals surface area contributed by atoms with Crippen LogP contribution in [0.4, 0.5) is 0 Å². The number of furan rings is 1. The van der Waals surface area contributed by atoms with Crippen molar-refractivity contribution in [3.05, 3.63) is 88.2 Å². The van der Waals surface area contributed by atoms with Gasteiger partial charge in [-0.1, -0.05) is 59.6 Å². The minimum absolute atomic E-state index is 0.136. The summed E-state index contributed by atoms with van der Waals surface area (Å²) in [6.07, 6.45) is 3.37. The zero-order chi connectivity index (χ0) is 21.3. The number of hydrogen-bond donors (Lipinski definition) is 2. The third-order valence-corrected chi connectivity index (χ3v) is 4.92. The third kappa shape index (κ3) is 5.94. The van der Waals surface area contributed by atoms with E-state index in [-0.39, 0.29) is 17.5 Å². The highest BCUT2D eigenvalue weighted by Gasteiger charge is 2.15. The molecule has 3 rings (SSSR count). The summed E-state index contributed by atoms with van der Waals surface area (Å²) in [7, 11) is 0. The first-order valence-electron chi connectivity index (χ1n) is 9.79. The highest BCUT2D eigenvalue weighted by atomic mass is 79.9. The van der Waals surface area contributed by atoms with Crippen molar-refractivity contribution >= 4 is 33.8 Å². The van der Waals surface area contributed by atoms with Crippen molar-refractivity contribution in [1.82, 2.24) is 10.6 Å². The molecule has 5 nitrogen and oxygen atoms in total. The van der Waals surface area contributed by atoms with Gasteiger partial charge in [-0.25, -0.2) is 0 Å². The van der Waals surface area contributed by atoms with Gasteiger partial charge in [0.25, 0.3) is 11.8 Å². The van der Waals surface area contributed by atoms with Crippen LogP contribution >= 0.6 is 15.9 Å². The lowest BCUT2D eigenvalue weighted by Gasteiger charge is -2.10. The van der Waals surface area contributed by atoms with Crippen LogP contribution < -0.4 is 10.6 Å². The molecule has 0 aliphatic heterocycles. The van der Waals surface area contributed by atoms with E-state index in [2.05, 4.69) is 26.6 Å². The minimum atomic E-state index is -0.354. The molecular weight excluding hydrogens is 444 g/mol. The fourth-order valence-electron chi connectivity index (χ4n) is 2.76. The molecule has 0 saturated carbocycles. The van der Waals surface area contributed by atoms with E-state index in [0.717, 1.165) is 22.9 Å². The molecule has 30 heavy (non-hydrogen) atoms. The first-order valence-corrected chi connectivity index (χ1v) is 10.6. The molecular formula is C24H23BrN2O3. The van der Waals surface area contributed by atoms with Gasteiger partial charge in [-0.2, -0.15) is 0 Å². The predicted octanol–water partition coefficient (Wildman–Crippen LogP) is 5.40. The number of carbonyl (C=O) groups excluding carboxylic acids is 2. The Balaban J connectivity index is 1.83. The van der Waals surface area contributed by atoms with Crippen LogP contribution in [0.15, 0.2) is 81.3 Å². The van der Waals surface area contributed by atoms with E-state index in [4.69, 9.17) is 4.42 Å². The lowest BCUT2D eigenvalue weighted by molar-refractivity contribution is -0.117. The lowest BCUT2D eigenvalue weighted by atomic mass is 10.2. The van der Waals surface area contributed by atoms with Crippen LogP contribution in [-0.4, -0.2) is 18.4 Å². The zero-order valence-electron chi connectivity index (χ0n) is 16.7. The normalized spacial score (nSPS) is 11.2. The number of rotatable bonds is 8. The Kier molecular flexibility index (Phi) is 7.63. The lowest BCUT2D eigenvalue weighted by Crippen LogP contribution is -2.35. The van der Waals surface area contributed by atoms with Gasteiger partial charge < -0.3 is 15.1 Å². The summed E-state index contributed by atoms with van der Waals surface area (Å²) in [6, 6.07) is 20.1. The number of nitrogens with one attached hydrogen (secondary N) is 2. The van der Waals surface area contributed by atoms with E-state index >= 15 is 0 Å². The molecule has 0 aliphatic carbocycles. The van der Waals surface area contributed by atoms with Crippen LogP contribution in [0.2, 0.25) is 0 Å². The maximum atomic E-state index is 12.7. The standard InChI is InChI=1S/C24H23BrN2O3/c1-2-3-15-26-24(29)21(27-23(28)18-7-5-4-6-8-18)16-20-13-14-22(30-20)17-9-11-19(25)12-10-17/h4-14,16H,2-3,15H2,1H3,(H,26,29)(H,27,28)/b21-16-. The van der Waals surface area contributed by atoms with Gasteiger partial charge in [0.15, 0.2) is 0 Å². The van der Waals surface area contributed by atoms with Crippen molar-refractivity contribution in [2.45, 2.75) is 19.8 Å². The van der Waals surface area contributed by atoms with E-state index < -0.39 is 0 Å². The average molecular weight is 467 g/mol. The second-order valence-electron chi connectivity index (χ2n) is 6.70. The van der Waals surface area contributed by atoms with Crippen molar-refractivity contribution < 1.29 is 14.0 Å². The average Bonchev–Trinajstić information content (AvgIpc) is 3.23. The molecule has 154 valence electrons. The van der Waals surface area contributed by atoms with Crippen LogP contribution in [0.1, 0.15) is 35.9 Å². The van der Waals surface area contributed by atoms with Gasteiger partial charge in [0.1, 0.15) is 17.2 Å². The summed E-state index contributed by atoms with van der Waals surface area (Å²) in [4.78, 5) is 25.2. The summed E-state index contributed by atoms with van der Waals surface area (Å²) in [6.45, 7) is 2.59. The van der Waals surface area contributed by atoms with Crippen LogP contribution in [0, 0.1) is 0 Å². The number of hydrogen-bond acceptors (Lipinski definition) is 3. The molecule has 0 atom stereocenters. The quantitative estimate of drug-likeness (QED) is 0.345. The fourth-order valence-corrected chi connectivity index (χ4v) is 3.02. The van der Waals surface area contributed by atoms with E-state index in [1.54, 1.807) is 36.4 Å². The van der Waals surface area contributed by atoms with E-state index in [1.807, 2.05) is 43.3 Å². The summed E-state index contributed by atoms with van der Waals surface area (Å²) in [5, 5.41) is 5.55. The van der Waals surface area contributed by atoms with Crippen LogP contribution in [0.25, 0.3) is 17.4 Å². The third-order valence-electron chi connectivity index (χ3n) is 4.39. The van der Waals surface area contributed by atoms with Gasteiger partial charge in [-0.05, 0) is 42.8 Å². The van der Waals surface area contributed by atoms with Crippen molar-refractivity contribution in [3.63, 3.8) is 0 Å². The Labute approximate surface area is 184 Å². The summed E-state index contributed by atoms with van der Waals surface area (Å²) < 4.78 is 6.86. The highest BCUT2D eigenvalue weighted by Crippen LogP contribution is 2.25. The van der Waals surface area contributed by atoms with Crippen LogP contribution in [0.3, 0.4) is 0 Å². The Bertz CT molecular complexity index is 1020. The van der Waals surface area contributed by atoms with Gasteiger partial charge in [-0.3, -0.25) is 9.59 Å². The Morgan fingerprint density at radius 2 is 1.73 bits per heavy atom. The maximum absolute atomic E-state index is 12.7. The minimum Gasteiger partial charge on any atom is -0.457 e. The molecule has 0 saturated heterocycles. The van der Waals surface area contributed by atoms with Crippen LogP contribution in [-0.2, 0) is 4.79 Å². The molecule has 0 spiro atoms. The van der Waals surface area contributed by atoms with Crippen molar-refractivity contribution in [3.8, 4) is 11.3 Å². The smallest absolute Gasteiger partial charge is 0.267 e. The summed E-state index contributed by atoms with van der Waals surface area (Å²) in [5.41, 5.74) is 1.52. The molecule has 1 heterocycles. The molecule has 6 heteroatoms. The van der Waals surface area contributed by atoms with Crippen molar-refractivity contribution in [1.29, 1.82) is 0 Å². The monoisotopic (exact) mass is 466 g/mol. The zero-order valence-corrected chi connectivity index (χ0v) is 18.2. The second-order valence-corrected chi connectivity index (χ2v) is 7.61. The first-order chi connectivity index (χ1) is 14.6. The Hall–Kier alpha value is -3.12. The van der Waals surface area contributed by atoms with E-state index in [0.29, 0.717) is 23.6 Å². The van der Waals surface area contributed by atoms with Gasteiger partial charge in [-0.15, -0.1) is 0 Å². The molecule has 0 bridgehead atoms. The molecule has 0 unspecified atom stereocenters. The SMILES string of the molecule is CCCCNC(=O)/C(=C/c1ccc(-c2ccc(Br)cc2)o1)NC(=O)c1ccccc1. The summed E-state index contributed by atoms with van der Waals surface area (Å²) >= 11 is 3.41. The maximum Gasteiger partial charge on any atom is 0.267 e. The van der Waals surface area contributed by atoms with Gasteiger partial charge in [0, 0.05) is 28.2 Å². The number of carbonyl (C=O) groups is 2. The van der Waals surface area contributed by atoms with E-state index in [1.165, 1.54) is 0 Å². The van der Waals surface area contributed by atoms with Gasteiger partial charge >= 0.3 is 0 Å². The molecule has 2 amide bonds. The fraction of sp³-hybridized carbons (Fsp3) is 0.167. The number of unbranched alkanes of at least 4 members (excludes halogenated alkanes) is 1. The van der Waals surface area contributed by atoms with E-state index in [9.17, 15) is 9.59 Å². The molecule has 0 fully saturated rings. The molecule has 1 aromatic heterocycles. The number of benzene rings is 2. The molecule has 3 aromatic rings. The van der Waals surface area contributed by atoms with Crippen LogP contribution in [0.5, 0.6) is 0 Å². The Morgan fingerprint density at radius 1 is 1.00 bits per heavy atom. The number of amides is 2. The largest absolute Gasteiger partial charge is 0.457 e. The van der Waals surface area contributed by atoms with Gasteiger partial charge in [0.05, 0.1) is 0 Å². The summed E-state index contributed by atoms with van der Waals surface area (Å²) in [5.74, 6) is 0.442. The molecule has 0 aliphatic rings. The predicted molar refractivity (Wildman–Crippen MR) is 122 cm³/mol. The highest BCUT2D eigenvalue weighted by molar-refractivity contribution is 9.10. The molecule has 2 aromatic carbocycles. The molecule has 0 radical (unpaired) electrons. The Morgan fingerprint density at radius 3 is 2.43 bits per heavy atom. The van der Waals surface area contributed by atoms with Gasteiger partial charge in [0.2, 0.25) is 0 Å². The van der Waals surface area contributed by atoms with Crippen molar-refractivity contribution in [2.24, 2.45) is 0 Å². The molecule has 2 N–H and O–H groups in total. The topological polar surface area (TPSA) is 71.3 Å². The second kappa shape index (κ2) is 10.6. The first kappa shape index (κ1) is 21.6. The van der Waals surface area contributed by atoms with Crippen molar-refractivity contribution in [2.75, 3.05) is 6.54 Å².